The molecule has 2 heterocycles. The van der Waals surface area contributed by atoms with Gasteiger partial charge in [-0.3, -0.25) is 4.79 Å². The Morgan fingerprint density at radius 3 is 2.30 bits per heavy atom. The van der Waals surface area contributed by atoms with Crippen LogP contribution in [0.25, 0.3) is 17.0 Å². The molecular formula is C22H18F3N5O3. The molecule has 2 aromatic carbocycles. The molecule has 33 heavy (non-hydrogen) atoms. The number of rotatable bonds is 5. The number of nitrogens with zero attached hydrogens (tertiary/aromatic N) is 4. The number of carbonyl (C=O) groups excluding carboxylic acids is 1. The molecule has 0 fully saturated rings. The highest BCUT2D eigenvalue weighted by Crippen LogP contribution is 2.32. The zero-order chi connectivity index (χ0) is 23.8. The Bertz CT molecular complexity index is 1330. The van der Waals surface area contributed by atoms with Crippen LogP contribution in [0.1, 0.15) is 21.9 Å². The summed E-state index contributed by atoms with van der Waals surface area (Å²) in [5.74, 6) is -0.814. The first kappa shape index (κ1) is 22.1. The number of anilines is 1. The van der Waals surface area contributed by atoms with E-state index in [0.29, 0.717) is 27.3 Å². The fraction of sp³-hybridized carbons (Fsp3) is 0.182. The molecule has 0 bridgehead atoms. The fourth-order valence-electron chi connectivity index (χ4n) is 3.14. The smallest absolute Gasteiger partial charge is 0.433 e. The van der Waals surface area contributed by atoms with E-state index in [1.165, 1.54) is 20.3 Å². The Kier molecular flexibility index (Phi) is 5.62. The van der Waals surface area contributed by atoms with Crippen molar-refractivity contribution in [3.63, 3.8) is 0 Å². The van der Waals surface area contributed by atoms with Gasteiger partial charge in [0.1, 0.15) is 0 Å². The Morgan fingerprint density at radius 1 is 0.970 bits per heavy atom. The maximum Gasteiger partial charge on any atom is 0.433 e. The van der Waals surface area contributed by atoms with Gasteiger partial charge >= 0.3 is 6.18 Å². The highest BCUT2D eigenvalue weighted by molar-refractivity contribution is 6.02. The Hall–Kier alpha value is -4.15. The number of alkyl halides is 3. The summed E-state index contributed by atoms with van der Waals surface area (Å²) < 4.78 is 52.1. The molecule has 11 heteroatoms. The lowest BCUT2D eigenvalue weighted by Crippen LogP contribution is -2.16. The summed E-state index contributed by atoms with van der Waals surface area (Å²) in [4.78, 5) is 20.8. The maximum atomic E-state index is 13.7. The second kappa shape index (κ2) is 8.41. The van der Waals surface area contributed by atoms with Gasteiger partial charge in [-0.25, -0.2) is 4.98 Å². The molecule has 1 amide bonds. The molecule has 8 nitrogen and oxygen atoms in total. The highest BCUT2D eigenvalue weighted by atomic mass is 19.4. The number of hydrogen-bond acceptors (Lipinski definition) is 6. The summed E-state index contributed by atoms with van der Waals surface area (Å²) in [7, 11) is 2.90. The molecule has 1 N–H and O–H groups in total. The minimum absolute atomic E-state index is 0.0640. The van der Waals surface area contributed by atoms with Crippen LogP contribution < -0.4 is 14.8 Å². The Labute approximate surface area is 186 Å². The second-order valence-electron chi connectivity index (χ2n) is 7.06. The van der Waals surface area contributed by atoms with E-state index in [-0.39, 0.29) is 11.5 Å². The van der Waals surface area contributed by atoms with E-state index >= 15 is 0 Å². The normalized spacial score (nSPS) is 11.5. The van der Waals surface area contributed by atoms with Crippen LogP contribution in [-0.2, 0) is 6.18 Å². The van der Waals surface area contributed by atoms with E-state index in [1.807, 2.05) is 6.92 Å². The minimum Gasteiger partial charge on any atom is -0.493 e. The van der Waals surface area contributed by atoms with Crippen LogP contribution >= 0.6 is 0 Å². The van der Waals surface area contributed by atoms with Gasteiger partial charge in [-0.05, 0) is 25.1 Å². The average Bonchev–Trinajstić information content (AvgIpc) is 3.22. The van der Waals surface area contributed by atoms with Crippen molar-refractivity contribution in [1.29, 1.82) is 0 Å². The lowest BCUT2D eigenvalue weighted by atomic mass is 10.1. The molecule has 4 rings (SSSR count). The highest BCUT2D eigenvalue weighted by Gasteiger charge is 2.36. The second-order valence-corrected chi connectivity index (χ2v) is 7.06. The van der Waals surface area contributed by atoms with E-state index in [2.05, 4.69) is 20.4 Å². The van der Waals surface area contributed by atoms with Crippen molar-refractivity contribution in [1.82, 2.24) is 19.6 Å². The number of amides is 1. The molecule has 4 aromatic rings. The van der Waals surface area contributed by atoms with Crippen molar-refractivity contribution in [2.45, 2.75) is 13.1 Å². The molecule has 0 unspecified atom stereocenters. The van der Waals surface area contributed by atoms with Gasteiger partial charge in [-0.2, -0.15) is 22.7 Å². The van der Waals surface area contributed by atoms with E-state index in [0.717, 1.165) is 11.6 Å². The predicted octanol–water partition coefficient (Wildman–Crippen LogP) is 4.39. The summed E-state index contributed by atoms with van der Waals surface area (Å²) in [5.41, 5.74) is 0.719. The SMILES string of the molecule is COc1ccc(NC(=O)c2nc3nc(-c4ccc(C)cc4)cc(C(F)(F)F)n3n2)cc1OC. The van der Waals surface area contributed by atoms with E-state index in [4.69, 9.17) is 9.47 Å². The lowest BCUT2D eigenvalue weighted by molar-refractivity contribution is -0.142. The van der Waals surface area contributed by atoms with Gasteiger partial charge in [0.2, 0.25) is 5.82 Å². The van der Waals surface area contributed by atoms with Crippen LogP contribution in [0.3, 0.4) is 0 Å². The van der Waals surface area contributed by atoms with E-state index in [1.54, 1.807) is 36.4 Å². The number of fused-ring (bicyclic) bond motifs is 1. The molecule has 0 aliphatic carbocycles. The third-order valence-corrected chi connectivity index (χ3v) is 4.79. The summed E-state index contributed by atoms with van der Waals surface area (Å²) in [6.07, 6.45) is -4.74. The zero-order valence-electron chi connectivity index (χ0n) is 17.8. The molecule has 2 aromatic heterocycles. The first-order valence-electron chi connectivity index (χ1n) is 9.65. The van der Waals surface area contributed by atoms with Crippen LogP contribution in [-0.4, -0.2) is 39.7 Å². The molecule has 170 valence electrons. The first-order chi connectivity index (χ1) is 15.7. The molecule has 0 aliphatic rings. The molecule has 0 atom stereocenters. The van der Waals surface area contributed by atoms with Gasteiger partial charge in [-0.1, -0.05) is 29.8 Å². The van der Waals surface area contributed by atoms with Crippen LogP contribution in [0.15, 0.2) is 48.5 Å². The summed E-state index contributed by atoms with van der Waals surface area (Å²) >= 11 is 0. The Morgan fingerprint density at radius 2 is 1.67 bits per heavy atom. The molecule has 0 saturated heterocycles. The number of ether oxygens (including phenoxy) is 2. The van der Waals surface area contributed by atoms with Crippen molar-refractivity contribution >= 4 is 17.4 Å². The molecule has 0 aliphatic heterocycles. The van der Waals surface area contributed by atoms with Crippen molar-refractivity contribution in [3.8, 4) is 22.8 Å². The lowest BCUT2D eigenvalue weighted by Gasteiger charge is -2.10. The van der Waals surface area contributed by atoms with Gasteiger partial charge in [0, 0.05) is 17.3 Å². The predicted molar refractivity (Wildman–Crippen MR) is 113 cm³/mol. The average molecular weight is 457 g/mol. The van der Waals surface area contributed by atoms with Gasteiger partial charge in [0.25, 0.3) is 11.7 Å². The van der Waals surface area contributed by atoms with Crippen LogP contribution in [0.4, 0.5) is 18.9 Å². The number of aromatic nitrogens is 4. The van der Waals surface area contributed by atoms with Gasteiger partial charge in [-0.15, -0.1) is 5.10 Å². The third-order valence-electron chi connectivity index (χ3n) is 4.79. The van der Waals surface area contributed by atoms with Gasteiger partial charge in [0.05, 0.1) is 19.9 Å². The van der Waals surface area contributed by atoms with Gasteiger partial charge < -0.3 is 14.8 Å². The maximum absolute atomic E-state index is 13.7. The van der Waals surface area contributed by atoms with Crippen molar-refractivity contribution < 1.29 is 27.4 Å². The van der Waals surface area contributed by atoms with Crippen LogP contribution in [0.5, 0.6) is 11.5 Å². The number of nitrogens with one attached hydrogen (secondary N) is 1. The standard InChI is InChI=1S/C22H18F3N5O3/c1-12-4-6-13(7-5-12)15-11-18(22(23,24)25)30-21(27-15)28-19(29-30)20(31)26-14-8-9-16(32-2)17(10-14)33-3/h4-11H,1-3H3,(H,26,31). The number of benzene rings is 2. The van der Waals surface area contributed by atoms with Crippen molar-refractivity contribution in [3.05, 3.63) is 65.6 Å². The third kappa shape index (κ3) is 4.43. The molecule has 0 radical (unpaired) electrons. The number of carbonyl (C=O) groups is 1. The topological polar surface area (TPSA) is 90.6 Å². The van der Waals surface area contributed by atoms with E-state index < -0.39 is 23.6 Å². The minimum atomic E-state index is -4.74. The Balaban J connectivity index is 1.73. The quantitative estimate of drug-likeness (QED) is 0.478. The summed E-state index contributed by atoms with van der Waals surface area (Å²) in [6.45, 7) is 1.86. The number of hydrogen-bond donors (Lipinski definition) is 1. The van der Waals surface area contributed by atoms with Gasteiger partial charge in [0.15, 0.2) is 17.2 Å². The monoisotopic (exact) mass is 457 g/mol. The summed E-state index contributed by atoms with van der Waals surface area (Å²) in [6, 6.07) is 12.3. The van der Waals surface area contributed by atoms with E-state index in [9.17, 15) is 18.0 Å². The fourth-order valence-corrected chi connectivity index (χ4v) is 3.14. The number of methoxy groups -OCH3 is 2. The zero-order valence-corrected chi connectivity index (χ0v) is 17.8. The molecule has 0 saturated carbocycles. The molecular weight excluding hydrogens is 439 g/mol. The van der Waals surface area contributed by atoms with Crippen molar-refractivity contribution in [2.75, 3.05) is 19.5 Å². The number of halogens is 3. The van der Waals surface area contributed by atoms with Crippen LogP contribution in [0, 0.1) is 6.92 Å². The first-order valence-corrected chi connectivity index (χ1v) is 9.65. The molecule has 0 spiro atoms. The van der Waals surface area contributed by atoms with Crippen molar-refractivity contribution in [2.24, 2.45) is 0 Å². The number of aryl methyl sites for hydroxylation is 1. The van der Waals surface area contributed by atoms with Crippen LogP contribution in [0.2, 0.25) is 0 Å². The largest absolute Gasteiger partial charge is 0.493 e. The summed E-state index contributed by atoms with van der Waals surface area (Å²) in [5, 5.41) is 6.29.